The fourth-order valence-corrected chi connectivity index (χ4v) is 2.14. The minimum absolute atomic E-state index is 0.132. The van der Waals surface area contributed by atoms with E-state index < -0.39 is 17.3 Å². The van der Waals surface area contributed by atoms with Gasteiger partial charge in [-0.3, -0.25) is 0 Å². The van der Waals surface area contributed by atoms with Crippen LogP contribution in [0.25, 0.3) is 0 Å². The molecule has 0 aromatic rings. The second kappa shape index (κ2) is 1.26. The SMILES string of the molecule is FC1(F)C(CCl)C12CC2. The van der Waals surface area contributed by atoms with Crippen LogP contribution in [-0.2, 0) is 0 Å². The van der Waals surface area contributed by atoms with Crippen LogP contribution in [0.1, 0.15) is 12.8 Å². The van der Waals surface area contributed by atoms with E-state index in [2.05, 4.69) is 0 Å². The minimum atomic E-state index is -2.41. The Kier molecular flexibility index (Phi) is 0.829. The molecule has 0 aliphatic heterocycles. The van der Waals surface area contributed by atoms with E-state index in [0.29, 0.717) is 12.8 Å². The van der Waals surface area contributed by atoms with Crippen LogP contribution in [0.15, 0.2) is 0 Å². The summed E-state index contributed by atoms with van der Waals surface area (Å²) in [6, 6.07) is 0. The summed E-state index contributed by atoms with van der Waals surface area (Å²) in [5.74, 6) is -2.77. The summed E-state index contributed by atoms with van der Waals surface area (Å²) in [4.78, 5) is 0. The molecule has 2 rings (SSSR count). The van der Waals surface area contributed by atoms with E-state index in [4.69, 9.17) is 11.6 Å². The van der Waals surface area contributed by atoms with Gasteiger partial charge >= 0.3 is 0 Å². The molecule has 1 unspecified atom stereocenters. The molecule has 9 heavy (non-hydrogen) atoms. The summed E-state index contributed by atoms with van der Waals surface area (Å²) < 4.78 is 25.1. The zero-order chi connectivity index (χ0) is 6.70. The highest BCUT2D eigenvalue weighted by atomic mass is 35.5. The standard InChI is InChI=1S/C6H7ClF2/c7-3-4-5(1-2-5)6(4,8)9/h4H,1-3H2. The number of alkyl halides is 3. The van der Waals surface area contributed by atoms with Crippen molar-refractivity contribution >= 4 is 11.6 Å². The number of halogens is 3. The molecular weight excluding hydrogens is 146 g/mol. The van der Waals surface area contributed by atoms with E-state index in [-0.39, 0.29) is 5.88 Å². The van der Waals surface area contributed by atoms with Crippen molar-refractivity contribution in [1.82, 2.24) is 0 Å². The molecule has 1 spiro atoms. The fourth-order valence-electron chi connectivity index (χ4n) is 1.65. The molecule has 0 aromatic heterocycles. The van der Waals surface area contributed by atoms with Gasteiger partial charge in [-0.15, -0.1) is 11.6 Å². The van der Waals surface area contributed by atoms with E-state index >= 15 is 0 Å². The minimum Gasteiger partial charge on any atom is -0.206 e. The maximum atomic E-state index is 12.6. The fraction of sp³-hybridized carbons (Fsp3) is 1.00. The van der Waals surface area contributed by atoms with Gasteiger partial charge in [0.05, 0.1) is 0 Å². The maximum absolute atomic E-state index is 12.6. The molecule has 52 valence electrons. The molecule has 2 saturated carbocycles. The first-order chi connectivity index (χ1) is 4.15. The monoisotopic (exact) mass is 152 g/mol. The first-order valence-electron chi connectivity index (χ1n) is 3.09. The zero-order valence-corrected chi connectivity index (χ0v) is 5.59. The summed E-state index contributed by atoms with van der Waals surface area (Å²) in [7, 11) is 0. The number of rotatable bonds is 1. The molecule has 0 N–H and O–H groups in total. The van der Waals surface area contributed by atoms with Crippen molar-refractivity contribution in [1.29, 1.82) is 0 Å². The van der Waals surface area contributed by atoms with Crippen molar-refractivity contribution in [3.05, 3.63) is 0 Å². The van der Waals surface area contributed by atoms with Gasteiger partial charge in [0.15, 0.2) is 0 Å². The summed E-state index contributed by atoms with van der Waals surface area (Å²) in [5, 5.41) is 0. The molecule has 2 fully saturated rings. The Morgan fingerprint density at radius 2 is 2.00 bits per heavy atom. The average molecular weight is 153 g/mol. The first-order valence-corrected chi connectivity index (χ1v) is 3.62. The molecule has 0 bridgehead atoms. The molecular formula is C6H7ClF2. The lowest BCUT2D eigenvalue weighted by molar-refractivity contribution is 0.0824. The number of hydrogen-bond donors (Lipinski definition) is 0. The smallest absolute Gasteiger partial charge is 0.206 e. The van der Waals surface area contributed by atoms with Gasteiger partial charge in [0.2, 0.25) is 0 Å². The normalized spacial score (nSPS) is 41.0. The van der Waals surface area contributed by atoms with E-state index in [0.717, 1.165) is 0 Å². The lowest BCUT2D eigenvalue weighted by Gasteiger charge is -1.86. The van der Waals surface area contributed by atoms with Crippen LogP contribution in [0.2, 0.25) is 0 Å². The zero-order valence-electron chi connectivity index (χ0n) is 4.83. The Balaban J connectivity index is 2.16. The van der Waals surface area contributed by atoms with Crippen molar-refractivity contribution in [2.75, 3.05) is 5.88 Å². The molecule has 0 heterocycles. The number of hydrogen-bond acceptors (Lipinski definition) is 0. The molecule has 3 heteroatoms. The van der Waals surface area contributed by atoms with Crippen LogP contribution in [0.3, 0.4) is 0 Å². The first kappa shape index (κ1) is 5.90. The summed E-state index contributed by atoms with van der Waals surface area (Å²) in [6.07, 6.45) is 1.38. The molecule has 0 radical (unpaired) electrons. The van der Waals surface area contributed by atoms with E-state index in [1.807, 2.05) is 0 Å². The predicted molar refractivity (Wildman–Crippen MR) is 30.8 cm³/mol. The van der Waals surface area contributed by atoms with Gasteiger partial charge in [0.25, 0.3) is 5.92 Å². The third kappa shape index (κ3) is 0.451. The highest BCUT2D eigenvalue weighted by molar-refractivity contribution is 6.18. The second-order valence-electron chi connectivity index (χ2n) is 2.99. The Morgan fingerprint density at radius 1 is 1.44 bits per heavy atom. The van der Waals surface area contributed by atoms with Crippen LogP contribution < -0.4 is 0 Å². The lowest BCUT2D eigenvalue weighted by atomic mass is 10.3. The third-order valence-corrected chi connectivity index (χ3v) is 2.94. The van der Waals surface area contributed by atoms with Gasteiger partial charge in [-0.2, -0.15) is 0 Å². The average Bonchev–Trinajstić information content (AvgIpc) is 2.54. The van der Waals surface area contributed by atoms with Crippen molar-refractivity contribution in [3.63, 3.8) is 0 Å². The van der Waals surface area contributed by atoms with Crippen molar-refractivity contribution in [2.24, 2.45) is 11.3 Å². The molecule has 0 aromatic carbocycles. The Hall–Kier alpha value is 0.150. The summed E-state index contributed by atoms with van der Waals surface area (Å²) in [6.45, 7) is 0. The van der Waals surface area contributed by atoms with Crippen molar-refractivity contribution < 1.29 is 8.78 Å². The second-order valence-corrected chi connectivity index (χ2v) is 3.29. The van der Waals surface area contributed by atoms with Crippen LogP contribution in [-0.4, -0.2) is 11.8 Å². The highest BCUT2D eigenvalue weighted by Crippen LogP contribution is 2.79. The van der Waals surface area contributed by atoms with Gasteiger partial charge in [-0.05, 0) is 12.8 Å². The van der Waals surface area contributed by atoms with Crippen LogP contribution >= 0.6 is 11.6 Å². The summed E-state index contributed by atoms with van der Waals surface area (Å²) in [5.41, 5.74) is -0.602. The van der Waals surface area contributed by atoms with Crippen LogP contribution in [0.5, 0.6) is 0 Å². The quantitative estimate of drug-likeness (QED) is 0.506. The van der Waals surface area contributed by atoms with Crippen molar-refractivity contribution in [2.45, 2.75) is 18.8 Å². The topological polar surface area (TPSA) is 0 Å². The molecule has 2 aliphatic carbocycles. The lowest BCUT2D eigenvalue weighted by Crippen LogP contribution is -1.94. The Bertz CT molecular complexity index is 147. The molecule has 1 atom stereocenters. The Morgan fingerprint density at radius 3 is 2.11 bits per heavy atom. The largest absolute Gasteiger partial charge is 0.258 e. The molecule has 0 nitrogen and oxygen atoms in total. The van der Waals surface area contributed by atoms with Gasteiger partial charge in [-0.1, -0.05) is 0 Å². The van der Waals surface area contributed by atoms with Gasteiger partial charge < -0.3 is 0 Å². The third-order valence-electron chi connectivity index (χ3n) is 2.63. The van der Waals surface area contributed by atoms with Gasteiger partial charge in [-0.25, -0.2) is 8.78 Å². The molecule has 0 saturated heterocycles. The highest BCUT2D eigenvalue weighted by Gasteiger charge is 2.85. The van der Waals surface area contributed by atoms with Gasteiger partial charge in [0.1, 0.15) is 0 Å². The maximum Gasteiger partial charge on any atom is 0.258 e. The Labute approximate surface area is 57.2 Å². The van der Waals surface area contributed by atoms with Crippen molar-refractivity contribution in [3.8, 4) is 0 Å². The van der Waals surface area contributed by atoms with E-state index in [1.54, 1.807) is 0 Å². The predicted octanol–water partition coefficient (Wildman–Crippen LogP) is 2.27. The van der Waals surface area contributed by atoms with Crippen LogP contribution in [0, 0.1) is 11.3 Å². The van der Waals surface area contributed by atoms with Crippen LogP contribution in [0.4, 0.5) is 8.78 Å². The molecule has 0 amide bonds. The summed E-state index contributed by atoms with van der Waals surface area (Å²) >= 11 is 5.33. The van der Waals surface area contributed by atoms with Gasteiger partial charge in [0, 0.05) is 17.2 Å². The van der Waals surface area contributed by atoms with E-state index in [9.17, 15) is 8.78 Å². The molecule has 2 aliphatic rings. The van der Waals surface area contributed by atoms with E-state index in [1.165, 1.54) is 0 Å².